The first kappa shape index (κ1) is 18.5. The lowest BCUT2D eigenvalue weighted by atomic mass is 10.1. The number of H-pyrrole nitrogens is 1. The van der Waals surface area contributed by atoms with E-state index >= 15 is 0 Å². The highest BCUT2D eigenvalue weighted by Crippen LogP contribution is 2.24. The summed E-state index contributed by atoms with van der Waals surface area (Å²) in [6.45, 7) is 1.61. The van der Waals surface area contributed by atoms with Crippen molar-refractivity contribution in [1.29, 1.82) is 0 Å². The molecule has 2 aromatic carbocycles. The van der Waals surface area contributed by atoms with E-state index in [9.17, 15) is 4.79 Å². The maximum Gasteiger partial charge on any atom is 0.241 e. The van der Waals surface area contributed by atoms with Gasteiger partial charge in [-0.05, 0) is 67.9 Å². The van der Waals surface area contributed by atoms with Crippen LogP contribution in [0.5, 0.6) is 0 Å². The molecule has 4 aromatic rings. The summed E-state index contributed by atoms with van der Waals surface area (Å²) in [5.41, 5.74) is 4.73. The molecule has 0 aliphatic carbocycles. The van der Waals surface area contributed by atoms with Gasteiger partial charge in [0.15, 0.2) is 0 Å². The summed E-state index contributed by atoms with van der Waals surface area (Å²) in [5, 5.41) is 3.07. The van der Waals surface area contributed by atoms with Gasteiger partial charge in [-0.25, -0.2) is 4.98 Å². The predicted molar refractivity (Wildman–Crippen MR) is 118 cm³/mol. The Kier molecular flexibility index (Phi) is 4.99. The van der Waals surface area contributed by atoms with Crippen LogP contribution in [0.1, 0.15) is 18.5 Å². The molecule has 0 saturated carbocycles. The highest BCUT2D eigenvalue weighted by molar-refractivity contribution is 5.95. The number of para-hydroxylation sites is 2. The van der Waals surface area contributed by atoms with E-state index in [0.29, 0.717) is 6.54 Å². The van der Waals surface area contributed by atoms with Gasteiger partial charge in [0, 0.05) is 24.0 Å². The second-order valence-electron chi connectivity index (χ2n) is 7.62. The third-order valence-electron chi connectivity index (χ3n) is 5.57. The van der Waals surface area contributed by atoms with Crippen molar-refractivity contribution in [2.75, 3.05) is 11.9 Å². The van der Waals surface area contributed by atoms with Gasteiger partial charge in [-0.2, -0.15) is 0 Å². The Morgan fingerprint density at radius 2 is 1.90 bits per heavy atom. The van der Waals surface area contributed by atoms with Gasteiger partial charge in [-0.15, -0.1) is 0 Å². The molecule has 0 spiro atoms. The van der Waals surface area contributed by atoms with Crippen molar-refractivity contribution in [2.24, 2.45) is 0 Å². The molecule has 1 amide bonds. The molecular formula is C24H23N5O. The molecule has 30 heavy (non-hydrogen) atoms. The number of benzene rings is 2. The van der Waals surface area contributed by atoms with Crippen molar-refractivity contribution in [1.82, 2.24) is 19.9 Å². The number of aromatic nitrogens is 3. The summed E-state index contributed by atoms with van der Waals surface area (Å²) >= 11 is 0. The minimum absolute atomic E-state index is 0.0416. The lowest BCUT2D eigenvalue weighted by Crippen LogP contribution is -2.39. The minimum Gasteiger partial charge on any atom is -0.338 e. The van der Waals surface area contributed by atoms with E-state index < -0.39 is 0 Å². The minimum atomic E-state index is -0.123. The van der Waals surface area contributed by atoms with E-state index in [1.54, 1.807) is 6.20 Å². The maximum atomic E-state index is 12.9. The van der Waals surface area contributed by atoms with Crippen LogP contribution in [-0.4, -0.2) is 38.3 Å². The van der Waals surface area contributed by atoms with E-state index in [1.807, 2.05) is 66.7 Å². The van der Waals surface area contributed by atoms with Crippen LogP contribution in [0.2, 0.25) is 0 Å². The standard InChI is InChI=1S/C24H23N5O/c30-24(22-9-5-15-29(22)16-19-6-3-4-14-25-19)26-18-12-10-17(11-13-18)23-27-20-7-1-2-8-21(20)28-23/h1-4,6-8,10-14,22H,5,9,15-16H2,(H,26,30)(H,27,28)/t22-/m1/s1. The number of carbonyl (C=O) groups is 1. The van der Waals surface area contributed by atoms with Gasteiger partial charge in [0.25, 0.3) is 0 Å². The molecule has 1 aliphatic heterocycles. The van der Waals surface area contributed by atoms with Crippen molar-refractivity contribution in [3.05, 3.63) is 78.6 Å². The fourth-order valence-corrected chi connectivity index (χ4v) is 4.04. The second kappa shape index (κ2) is 8.08. The Balaban J connectivity index is 1.26. The zero-order valence-electron chi connectivity index (χ0n) is 16.6. The Labute approximate surface area is 175 Å². The molecule has 0 unspecified atom stereocenters. The highest BCUT2D eigenvalue weighted by Gasteiger charge is 2.30. The molecule has 150 valence electrons. The fourth-order valence-electron chi connectivity index (χ4n) is 4.04. The molecule has 6 nitrogen and oxygen atoms in total. The number of imidazole rings is 1. The largest absolute Gasteiger partial charge is 0.338 e. The summed E-state index contributed by atoms with van der Waals surface area (Å²) in [7, 11) is 0. The van der Waals surface area contributed by atoms with E-state index in [-0.39, 0.29) is 11.9 Å². The van der Waals surface area contributed by atoms with Crippen molar-refractivity contribution >= 4 is 22.6 Å². The number of aromatic amines is 1. The van der Waals surface area contributed by atoms with Gasteiger partial charge in [0.2, 0.25) is 5.91 Å². The second-order valence-corrected chi connectivity index (χ2v) is 7.62. The molecule has 2 aromatic heterocycles. The number of hydrogen-bond donors (Lipinski definition) is 2. The first-order valence-corrected chi connectivity index (χ1v) is 10.3. The van der Waals surface area contributed by atoms with Crippen LogP contribution in [0.25, 0.3) is 22.4 Å². The lowest BCUT2D eigenvalue weighted by Gasteiger charge is -2.23. The Morgan fingerprint density at radius 3 is 2.70 bits per heavy atom. The SMILES string of the molecule is O=C(Nc1ccc(-c2nc3ccccc3[nH]2)cc1)[C@H]1CCCN1Cc1ccccn1. The number of fused-ring (bicyclic) bond motifs is 1. The van der Waals surface area contributed by atoms with Crippen molar-refractivity contribution < 1.29 is 4.79 Å². The van der Waals surface area contributed by atoms with Gasteiger partial charge in [0.1, 0.15) is 5.82 Å². The maximum absolute atomic E-state index is 12.9. The molecule has 3 heterocycles. The van der Waals surface area contributed by atoms with Gasteiger partial charge < -0.3 is 10.3 Å². The van der Waals surface area contributed by atoms with E-state index in [4.69, 9.17) is 0 Å². The number of pyridine rings is 1. The number of nitrogens with one attached hydrogen (secondary N) is 2. The molecule has 2 N–H and O–H groups in total. The van der Waals surface area contributed by atoms with Gasteiger partial charge in [0.05, 0.1) is 22.8 Å². The molecule has 6 heteroatoms. The molecule has 1 atom stereocenters. The summed E-state index contributed by atoms with van der Waals surface area (Å²) in [6, 6.07) is 21.6. The number of carbonyl (C=O) groups excluding carboxylic acids is 1. The van der Waals surface area contributed by atoms with Gasteiger partial charge in [-0.1, -0.05) is 18.2 Å². The molecule has 1 aliphatic rings. The van der Waals surface area contributed by atoms with Crippen LogP contribution in [0.3, 0.4) is 0 Å². The molecule has 1 fully saturated rings. The van der Waals surface area contributed by atoms with Crippen LogP contribution in [0.15, 0.2) is 72.9 Å². The molecule has 1 saturated heterocycles. The number of amides is 1. The van der Waals surface area contributed by atoms with E-state index in [1.165, 1.54) is 0 Å². The average Bonchev–Trinajstić information content (AvgIpc) is 3.42. The first-order chi connectivity index (χ1) is 14.8. The van der Waals surface area contributed by atoms with Crippen LogP contribution in [0.4, 0.5) is 5.69 Å². The number of anilines is 1. The lowest BCUT2D eigenvalue weighted by molar-refractivity contribution is -0.120. The number of rotatable bonds is 5. The summed E-state index contributed by atoms with van der Waals surface area (Å²) in [4.78, 5) is 27.5. The monoisotopic (exact) mass is 397 g/mol. The zero-order chi connectivity index (χ0) is 20.3. The van der Waals surface area contributed by atoms with Crippen LogP contribution in [0, 0.1) is 0 Å². The average molecular weight is 397 g/mol. The molecule has 0 bridgehead atoms. The van der Waals surface area contributed by atoms with Crippen molar-refractivity contribution in [3.63, 3.8) is 0 Å². The third kappa shape index (κ3) is 3.82. The van der Waals surface area contributed by atoms with Crippen LogP contribution in [-0.2, 0) is 11.3 Å². The Bertz CT molecular complexity index is 1120. The third-order valence-corrected chi connectivity index (χ3v) is 5.57. The Hall–Kier alpha value is -3.51. The van der Waals surface area contributed by atoms with Crippen molar-refractivity contribution in [3.8, 4) is 11.4 Å². The fraction of sp³-hybridized carbons (Fsp3) is 0.208. The van der Waals surface area contributed by atoms with Crippen LogP contribution < -0.4 is 5.32 Å². The summed E-state index contributed by atoms with van der Waals surface area (Å²) in [6.07, 6.45) is 3.69. The highest BCUT2D eigenvalue weighted by atomic mass is 16.2. The quantitative estimate of drug-likeness (QED) is 0.529. The van der Waals surface area contributed by atoms with Crippen molar-refractivity contribution in [2.45, 2.75) is 25.4 Å². The topological polar surface area (TPSA) is 73.9 Å². The summed E-state index contributed by atoms with van der Waals surface area (Å²) in [5.74, 6) is 0.867. The van der Waals surface area contributed by atoms with Gasteiger partial charge in [-0.3, -0.25) is 14.7 Å². The molecule has 0 radical (unpaired) electrons. The van der Waals surface area contributed by atoms with Crippen LogP contribution >= 0.6 is 0 Å². The van der Waals surface area contributed by atoms with E-state index in [2.05, 4.69) is 25.2 Å². The molecule has 5 rings (SSSR count). The normalized spacial score (nSPS) is 16.7. The Morgan fingerprint density at radius 1 is 1.07 bits per heavy atom. The number of hydrogen-bond acceptors (Lipinski definition) is 4. The van der Waals surface area contributed by atoms with Gasteiger partial charge >= 0.3 is 0 Å². The molecular weight excluding hydrogens is 374 g/mol. The smallest absolute Gasteiger partial charge is 0.241 e. The van der Waals surface area contributed by atoms with E-state index in [0.717, 1.165) is 53.2 Å². The first-order valence-electron chi connectivity index (χ1n) is 10.3. The number of likely N-dealkylation sites (tertiary alicyclic amines) is 1. The number of nitrogens with zero attached hydrogens (tertiary/aromatic N) is 3. The summed E-state index contributed by atoms with van der Waals surface area (Å²) < 4.78 is 0. The zero-order valence-corrected chi connectivity index (χ0v) is 16.6. The predicted octanol–water partition coefficient (Wildman–Crippen LogP) is 4.23.